The topological polar surface area (TPSA) is 46.5 Å². The summed E-state index contributed by atoms with van der Waals surface area (Å²) in [4.78, 5) is 10.3. The highest BCUT2D eigenvalue weighted by atomic mass is 127. The van der Waals surface area contributed by atoms with Crippen LogP contribution in [-0.2, 0) is 0 Å². The number of rotatable bonds is 2. The molecule has 0 saturated carbocycles. The molecule has 3 nitrogen and oxygen atoms in total. The van der Waals surface area contributed by atoms with Crippen LogP contribution in [0.2, 0.25) is 0 Å². The summed E-state index contributed by atoms with van der Waals surface area (Å²) in [6.45, 7) is 0. The first-order valence-corrected chi connectivity index (χ1v) is 3.73. The second-order valence-electron chi connectivity index (χ2n) is 1.92. The molecule has 0 aliphatic heterocycles. The average molecular weight is 264 g/mol. The van der Waals surface area contributed by atoms with Gasteiger partial charge in [0.05, 0.1) is 5.56 Å². The Hall–Kier alpha value is -0.780. The molecule has 0 radical (unpaired) electrons. The van der Waals surface area contributed by atoms with Gasteiger partial charge in [0.25, 0.3) is 0 Å². The van der Waals surface area contributed by atoms with Gasteiger partial charge in [0.15, 0.2) is 29.3 Å². The van der Waals surface area contributed by atoms with Crippen molar-refractivity contribution in [3.8, 4) is 11.5 Å². The van der Waals surface area contributed by atoms with Gasteiger partial charge >= 0.3 is 0 Å². The molecule has 0 fully saturated rings. The van der Waals surface area contributed by atoms with E-state index in [-0.39, 0.29) is 5.75 Å². The Balaban J connectivity index is 3.16. The zero-order chi connectivity index (χ0) is 8.27. The highest BCUT2D eigenvalue weighted by molar-refractivity contribution is 14.1. The Labute approximate surface area is 77.7 Å². The number of hydrogen-bond acceptors (Lipinski definition) is 3. The number of aldehydes is 1. The summed E-state index contributed by atoms with van der Waals surface area (Å²) < 4.78 is 4.80. The predicted molar refractivity (Wildman–Crippen MR) is 48.1 cm³/mol. The summed E-state index contributed by atoms with van der Waals surface area (Å²) in [5.41, 5.74) is 0.428. The predicted octanol–water partition coefficient (Wildman–Crippen LogP) is 1.93. The molecule has 0 aliphatic carbocycles. The summed E-state index contributed by atoms with van der Waals surface area (Å²) in [7, 11) is 0. The minimum absolute atomic E-state index is 0.0854. The molecule has 0 aromatic heterocycles. The molecule has 1 rings (SSSR count). The standard InChI is InChI=1S/C7H5IO3/c8-11-7-3-6(10)2-1-5(7)4-9/h1-4,10H. The fourth-order valence-corrected chi connectivity index (χ4v) is 1.07. The number of benzene rings is 1. The molecule has 0 saturated heterocycles. The van der Waals surface area contributed by atoms with E-state index in [0.29, 0.717) is 17.6 Å². The first-order valence-electron chi connectivity index (χ1n) is 2.84. The number of hydrogen-bond donors (Lipinski definition) is 1. The molecule has 0 heterocycles. The largest absolute Gasteiger partial charge is 0.508 e. The van der Waals surface area contributed by atoms with Gasteiger partial charge in [-0.25, -0.2) is 0 Å². The molecular weight excluding hydrogens is 259 g/mol. The molecule has 58 valence electrons. The molecule has 0 amide bonds. The maximum absolute atomic E-state index is 10.3. The van der Waals surface area contributed by atoms with Crippen molar-refractivity contribution in [2.24, 2.45) is 0 Å². The van der Waals surface area contributed by atoms with Crippen LogP contribution in [0.5, 0.6) is 11.5 Å². The van der Waals surface area contributed by atoms with E-state index in [0.717, 1.165) is 0 Å². The number of phenolic OH excluding ortho intramolecular Hbond substituents is 1. The Morgan fingerprint density at radius 2 is 2.27 bits per heavy atom. The van der Waals surface area contributed by atoms with E-state index in [9.17, 15) is 4.79 Å². The Morgan fingerprint density at radius 1 is 1.55 bits per heavy atom. The molecule has 11 heavy (non-hydrogen) atoms. The summed E-state index contributed by atoms with van der Waals surface area (Å²) in [5.74, 6) is 0.461. The molecule has 0 bridgehead atoms. The fraction of sp³-hybridized carbons (Fsp3) is 0. The molecule has 0 unspecified atom stereocenters. The van der Waals surface area contributed by atoms with Crippen LogP contribution in [0.15, 0.2) is 18.2 Å². The van der Waals surface area contributed by atoms with Crippen molar-refractivity contribution < 1.29 is 13.0 Å². The van der Waals surface area contributed by atoms with Crippen molar-refractivity contribution in [3.63, 3.8) is 0 Å². The van der Waals surface area contributed by atoms with Gasteiger partial charge in [-0.15, -0.1) is 0 Å². The number of carbonyl (C=O) groups excluding carboxylic acids is 1. The van der Waals surface area contributed by atoms with Gasteiger partial charge in [-0.05, 0) is 12.1 Å². The van der Waals surface area contributed by atoms with Crippen molar-refractivity contribution in [1.82, 2.24) is 0 Å². The van der Waals surface area contributed by atoms with Crippen molar-refractivity contribution >= 4 is 29.3 Å². The number of aromatic hydroxyl groups is 1. The molecule has 0 aliphatic rings. The Bertz CT molecular complexity index is 272. The van der Waals surface area contributed by atoms with Crippen molar-refractivity contribution in [1.29, 1.82) is 0 Å². The van der Waals surface area contributed by atoms with Crippen LogP contribution in [-0.4, -0.2) is 11.4 Å². The SMILES string of the molecule is O=Cc1ccc(O)cc1OI. The second kappa shape index (κ2) is 3.56. The maximum Gasteiger partial charge on any atom is 0.192 e. The third-order valence-electron chi connectivity index (χ3n) is 1.21. The zero-order valence-corrected chi connectivity index (χ0v) is 7.61. The Kier molecular flexibility index (Phi) is 2.70. The molecule has 4 heteroatoms. The van der Waals surface area contributed by atoms with Gasteiger partial charge in [-0.2, -0.15) is 0 Å². The summed E-state index contributed by atoms with van der Waals surface area (Å²) >= 11 is 1.65. The number of phenols is 1. The van der Waals surface area contributed by atoms with Crippen LogP contribution in [0, 0.1) is 0 Å². The molecule has 1 aromatic carbocycles. The van der Waals surface area contributed by atoms with Gasteiger partial charge in [0.1, 0.15) is 11.5 Å². The maximum atomic E-state index is 10.3. The van der Waals surface area contributed by atoms with E-state index in [4.69, 9.17) is 8.17 Å². The monoisotopic (exact) mass is 264 g/mol. The molecule has 0 atom stereocenters. The van der Waals surface area contributed by atoms with E-state index >= 15 is 0 Å². The van der Waals surface area contributed by atoms with Crippen LogP contribution < -0.4 is 3.07 Å². The highest BCUT2D eigenvalue weighted by Gasteiger charge is 2.01. The van der Waals surface area contributed by atoms with Crippen LogP contribution in [0.1, 0.15) is 10.4 Å². The first-order chi connectivity index (χ1) is 5.27. The van der Waals surface area contributed by atoms with Gasteiger partial charge in [0, 0.05) is 6.07 Å². The third kappa shape index (κ3) is 1.83. The second-order valence-corrected chi connectivity index (χ2v) is 2.36. The van der Waals surface area contributed by atoms with Crippen molar-refractivity contribution in [2.75, 3.05) is 0 Å². The lowest BCUT2D eigenvalue weighted by Gasteiger charge is -1.99. The van der Waals surface area contributed by atoms with Crippen LogP contribution >= 0.6 is 23.0 Å². The zero-order valence-electron chi connectivity index (χ0n) is 5.45. The van der Waals surface area contributed by atoms with E-state index in [1.807, 2.05) is 0 Å². The van der Waals surface area contributed by atoms with Gasteiger partial charge in [-0.1, -0.05) is 0 Å². The lowest BCUT2D eigenvalue weighted by atomic mass is 10.2. The quantitative estimate of drug-likeness (QED) is 0.655. The van der Waals surface area contributed by atoms with Crippen LogP contribution in [0.4, 0.5) is 0 Å². The third-order valence-corrected chi connectivity index (χ3v) is 1.68. The fourth-order valence-electron chi connectivity index (χ4n) is 0.687. The van der Waals surface area contributed by atoms with E-state index in [1.54, 1.807) is 23.0 Å². The highest BCUT2D eigenvalue weighted by Crippen LogP contribution is 2.23. The molecule has 1 N–H and O–H groups in total. The van der Waals surface area contributed by atoms with Gasteiger partial charge in [-0.3, -0.25) is 4.79 Å². The van der Waals surface area contributed by atoms with Crippen molar-refractivity contribution in [3.05, 3.63) is 23.8 Å². The van der Waals surface area contributed by atoms with Gasteiger partial charge in [0.2, 0.25) is 0 Å². The van der Waals surface area contributed by atoms with Gasteiger partial charge < -0.3 is 8.17 Å². The smallest absolute Gasteiger partial charge is 0.192 e. The normalized spacial score (nSPS) is 9.18. The minimum Gasteiger partial charge on any atom is -0.508 e. The van der Waals surface area contributed by atoms with Crippen LogP contribution in [0.3, 0.4) is 0 Å². The average Bonchev–Trinajstić information content (AvgIpc) is 2.04. The van der Waals surface area contributed by atoms with E-state index in [2.05, 4.69) is 0 Å². The lowest BCUT2D eigenvalue weighted by Crippen LogP contribution is -1.83. The lowest BCUT2D eigenvalue weighted by molar-refractivity contribution is 0.112. The summed E-state index contributed by atoms with van der Waals surface area (Å²) in [5, 5.41) is 8.96. The summed E-state index contributed by atoms with van der Waals surface area (Å²) in [6.07, 6.45) is 0.674. The Morgan fingerprint density at radius 3 is 2.82 bits per heavy atom. The molecular formula is C7H5IO3. The van der Waals surface area contributed by atoms with Crippen molar-refractivity contribution in [2.45, 2.75) is 0 Å². The summed E-state index contributed by atoms with van der Waals surface area (Å²) in [6, 6.07) is 4.31. The van der Waals surface area contributed by atoms with E-state index in [1.165, 1.54) is 18.2 Å². The molecule has 1 aromatic rings. The number of halogens is 1. The minimum atomic E-state index is 0.0854. The first kappa shape index (κ1) is 8.32. The molecule has 0 spiro atoms. The van der Waals surface area contributed by atoms with Crippen LogP contribution in [0.25, 0.3) is 0 Å². The number of carbonyl (C=O) groups is 1. The van der Waals surface area contributed by atoms with E-state index < -0.39 is 0 Å².